The Morgan fingerprint density at radius 3 is 2.56 bits per heavy atom. The number of methoxy groups -OCH3 is 1. The molecular formula is C38H46ClN3O8. The zero-order valence-corrected chi connectivity index (χ0v) is 29.5. The number of nitrogens with zero attached hydrogens (tertiary/aromatic N) is 2. The molecule has 0 unspecified atom stereocenters. The third-order valence-electron chi connectivity index (χ3n) is 10.0. The van der Waals surface area contributed by atoms with Crippen molar-refractivity contribution in [2.24, 2.45) is 11.8 Å². The number of fused-ring (bicyclic) bond motifs is 1. The van der Waals surface area contributed by atoms with Crippen LogP contribution in [0.25, 0.3) is 0 Å². The second-order valence-electron chi connectivity index (χ2n) is 13.2. The quantitative estimate of drug-likeness (QED) is 0.195. The predicted molar refractivity (Wildman–Crippen MR) is 188 cm³/mol. The maximum atomic E-state index is 14.8. The highest BCUT2D eigenvalue weighted by molar-refractivity contribution is 6.34. The number of likely N-dealkylation sites (tertiary alicyclic amines) is 1. The molecule has 268 valence electrons. The number of aliphatic hydroxyl groups excluding tert-OH is 1. The van der Waals surface area contributed by atoms with Gasteiger partial charge in [-0.15, -0.1) is 13.2 Å². The van der Waals surface area contributed by atoms with E-state index in [-0.39, 0.29) is 25.5 Å². The molecule has 2 bridgehead atoms. The number of hydrogen-bond donors (Lipinski definition) is 2. The minimum absolute atomic E-state index is 0.0442. The lowest BCUT2D eigenvalue weighted by molar-refractivity contribution is -0.163. The van der Waals surface area contributed by atoms with Gasteiger partial charge in [-0.2, -0.15) is 0 Å². The number of carbonyl (C=O) groups excluding carboxylic acids is 4. The third-order valence-corrected chi connectivity index (χ3v) is 10.3. The SMILES string of the molecule is C=CCCC(=O)N[C@H](COC)[C@H](OC(=O)[C@@H]1[C@H]2C(=O)N([C@H](C)CO)[C@H](C(=O)N(CC=C)c3c(C)cccc3Cl)[C@]23CC[C@H]1O3)c1ccccc1. The summed E-state index contributed by atoms with van der Waals surface area (Å²) >= 11 is 6.64. The highest BCUT2D eigenvalue weighted by Crippen LogP contribution is 2.59. The van der Waals surface area contributed by atoms with Gasteiger partial charge in [0.15, 0.2) is 0 Å². The molecule has 12 heteroatoms. The number of rotatable bonds is 16. The number of allylic oxidation sites excluding steroid dienone is 1. The summed E-state index contributed by atoms with van der Waals surface area (Å²) in [5.41, 5.74) is 0.506. The Balaban J connectivity index is 1.52. The van der Waals surface area contributed by atoms with Crippen LogP contribution in [-0.2, 0) is 33.4 Å². The number of carbonyl (C=O) groups is 4. The van der Waals surface area contributed by atoms with E-state index in [9.17, 15) is 24.3 Å². The van der Waals surface area contributed by atoms with Crippen LogP contribution < -0.4 is 10.2 Å². The average Bonchev–Trinajstić information content (AvgIpc) is 3.76. The Bertz CT molecular complexity index is 1580. The molecule has 3 heterocycles. The molecule has 0 saturated carbocycles. The maximum Gasteiger partial charge on any atom is 0.313 e. The summed E-state index contributed by atoms with van der Waals surface area (Å²) in [6.45, 7) is 10.8. The number of anilines is 1. The van der Waals surface area contributed by atoms with Gasteiger partial charge in [0.25, 0.3) is 5.91 Å². The smallest absolute Gasteiger partial charge is 0.313 e. The van der Waals surface area contributed by atoms with Gasteiger partial charge in [-0.1, -0.05) is 66.2 Å². The van der Waals surface area contributed by atoms with Crippen LogP contribution in [0.4, 0.5) is 5.69 Å². The van der Waals surface area contributed by atoms with Gasteiger partial charge in [0.2, 0.25) is 11.8 Å². The fraction of sp³-hybridized carbons (Fsp3) is 0.474. The number of aliphatic hydroxyl groups is 1. The number of aryl methyl sites for hydroxylation is 1. The molecule has 5 rings (SSSR count). The van der Waals surface area contributed by atoms with E-state index in [4.69, 9.17) is 25.8 Å². The summed E-state index contributed by atoms with van der Waals surface area (Å²) in [5, 5.41) is 13.6. The Morgan fingerprint density at radius 1 is 1.18 bits per heavy atom. The zero-order valence-electron chi connectivity index (χ0n) is 28.8. The number of amides is 3. The first-order chi connectivity index (χ1) is 24.0. The summed E-state index contributed by atoms with van der Waals surface area (Å²) in [6.07, 6.45) is 3.01. The van der Waals surface area contributed by atoms with Crippen LogP contribution in [0.15, 0.2) is 73.8 Å². The van der Waals surface area contributed by atoms with Gasteiger partial charge < -0.3 is 34.4 Å². The van der Waals surface area contributed by atoms with Gasteiger partial charge in [0.1, 0.15) is 17.7 Å². The van der Waals surface area contributed by atoms with E-state index in [0.717, 1.165) is 5.56 Å². The molecular weight excluding hydrogens is 662 g/mol. The van der Waals surface area contributed by atoms with E-state index in [1.807, 2.05) is 19.1 Å². The second kappa shape index (κ2) is 15.9. The molecule has 1 spiro atoms. The molecule has 3 fully saturated rings. The molecule has 0 aliphatic carbocycles. The van der Waals surface area contributed by atoms with E-state index < -0.39 is 72.2 Å². The van der Waals surface area contributed by atoms with Crippen molar-refractivity contribution in [2.75, 3.05) is 31.8 Å². The molecule has 2 aromatic carbocycles. The third kappa shape index (κ3) is 6.84. The highest BCUT2D eigenvalue weighted by Gasteiger charge is 2.75. The summed E-state index contributed by atoms with van der Waals surface area (Å²) in [4.78, 5) is 59.5. The Labute approximate surface area is 298 Å². The minimum Gasteiger partial charge on any atom is -0.455 e. The summed E-state index contributed by atoms with van der Waals surface area (Å²) in [5.74, 6) is -3.94. The molecule has 2 N–H and O–H groups in total. The van der Waals surface area contributed by atoms with Crippen molar-refractivity contribution in [3.8, 4) is 0 Å². The van der Waals surface area contributed by atoms with E-state index in [1.54, 1.807) is 55.5 Å². The van der Waals surface area contributed by atoms with Crippen molar-refractivity contribution in [3.05, 3.63) is 90.0 Å². The average molecular weight is 708 g/mol. The van der Waals surface area contributed by atoms with Gasteiger partial charge in [0, 0.05) is 20.1 Å². The number of esters is 1. The van der Waals surface area contributed by atoms with Crippen LogP contribution in [0.3, 0.4) is 0 Å². The van der Waals surface area contributed by atoms with Gasteiger partial charge >= 0.3 is 5.97 Å². The van der Waals surface area contributed by atoms with E-state index >= 15 is 0 Å². The van der Waals surface area contributed by atoms with Crippen LogP contribution in [0.2, 0.25) is 5.02 Å². The zero-order chi connectivity index (χ0) is 36.2. The monoisotopic (exact) mass is 707 g/mol. The van der Waals surface area contributed by atoms with Crippen LogP contribution in [0, 0.1) is 18.8 Å². The van der Waals surface area contributed by atoms with Gasteiger partial charge in [-0.05, 0) is 50.3 Å². The topological polar surface area (TPSA) is 135 Å². The van der Waals surface area contributed by atoms with Crippen molar-refractivity contribution >= 4 is 41.0 Å². The number of hydrogen-bond acceptors (Lipinski definition) is 8. The van der Waals surface area contributed by atoms with E-state index in [2.05, 4.69) is 18.5 Å². The van der Waals surface area contributed by atoms with E-state index in [1.165, 1.54) is 16.9 Å². The highest BCUT2D eigenvalue weighted by atomic mass is 35.5. The normalized spacial score (nSPS) is 25.4. The summed E-state index contributed by atoms with van der Waals surface area (Å²) in [6, 6.07) is 11.7. The van der Waals surface area contributed by atoms with Crippen molar-refractivity contribution in [1.82, 2.24) is 10.2 Å². The first-order valence-electron chi connectivity index (χ1n) is 17.0. The van der Waals surface area contributed by atoms with Gasteiger partial charge in [0.05, 0.1) is 53.9 Å². The molecule has 3 aliphatic rings. The molecule has 2 aromatic rings. The molecule has 0 aromatic heterocycles. The first kappa shape index (κ1) is 37.2. The fourth-order valence-electron chi connectivity index (χ4n) is 7.86. The van der Waals surface area contributed by atoms with Gasteiger partial charge in [-0.25, -0.2) is 0 Å². The Morgan fingerprint density at radius 2 is 1.92 bits per heavy atom. The van der Waals surface area contributed by atoms with Crippen molar-refractivity contribution in [2.45, 2.75) is 75.5 Å². The predicted octanol–water partition coefficient (Wildman–Crippen LogP) is 4.30. The van der Waals surface area contributed by atoms with Crippen LogP contribution in [0.1, 0.15) is 49.8 Å². The Hall–Kier alpha value is -4.03. The number of halogens is 1. The standard InChI is InChI=1S/C38H46ClN3O8/c1-6-8-17-29(44)40-27(22-48-5)33(25-14-10-9-11-15-25)49-37(47)30-28-18-19-38(50-28)31(30)35(45)42(24(4)21-43)34(38)36(46)41(20-7-2)32-23(3)13-12-16-26(32)39/h6-7,9-16,24,27-28,30-31,33-34,43H,1-2,8,17-22H2,3-5H3,(H,40,44)/t24-,27-,28-,30+,31+,33-,34-,38+/m1/s1. The molecule has 0 radical (unpaired) electrons. The molecule has 11 nitrogen and oxygen atoms in total. The molecule has 50 heavy (non-hydrogen) atoms. The number of benzene rings is 2. The lowest BCUT2D eigenvalue weighted by Crippen LogP contribution is -2.58. The Kier molecular flexibility index (Phi) is 11.8. The van der Waals surface area contributed by atoms with Crippen molar-refractivity contribution in [1.29, 1.82) is 0 Å². The number of ether oxygens (including phenoxy) is 3. The van der Waals surface area contributed by atoms with Gasteiger partial charge in [-0.3, -0.25) is 19.2 Å². The maximum absolute atomic E-state index is 14.8. The summed E-state index contributed by atoms with van der Waals surface area (Å²) in [7, 11) is 1.49. The fourth-order valence-corrected chi connectivity index (χ4v) is 8.18. The molecule has 8 atom stereocenters. The lowest BCUT2D eigenvalue weighted by Gasteiger charge is -2.39. The second-order valence-corrected chi connectivity index (χ2v) is 13.6. The molecule has 3 aliphatic heterocycles. The van der Waals surface area contributed by atoms with E-state index in [0.29, 0.717) is 35.5 Å². The van der Waals surface area contributed by atoms with Crippen LogP contribution in [0.5, 0.6) is 0 Å². The lowest BCUT2D eigenvalue weighted by atomic mass is 9.70. The van der Waals surface area contributed by atoms with Crippen molar-refractivity contribution in [3.63, 3.8) is 0 Å². The van der Waals surface area contributed by atoms with Crippen LogP contribution >= 0.6 is 11.6 Å². The number of para-hydroxylation sites is 1. The number of nitrogens with one attached hydrogen (secondary N) is 1. The van der Waals surface area contributed by atoms with Crippen molar-refractivity contribution < 1.29 is 38.5 Å². The summed E-state index contributed by atoms with van der Waals surface area (Å²) < 4.78 is 18.3. The van der Waals surface area contributed by atoms with Crippen LogP contribution in [-0.4, -0.2) is 90.4 Å². The first-order valence-corrected chi connectivity index (χ1v) is 17.3. The molecule has 3 amide bonds. The molecule has 3 saturated heterocycles. The largest absolute Gasteiger partial charge is 0.455 e. The minimum atomic E-state index is -1.35.